The first kappa shape index (κ1) is 15.0. The van der Waals surface area contributed by atoms with Crippen molar-refractivity contribution in [1.82, 2.24) is 15.0 Å². The van der Waals surface area contributed by atoms with E-state index in [4.69, 9.17) is 5.73 Å². The number of ether oxygens (including phenoxy) is 1. The van der Waals surface area contributed by atoms with Gasteiger partial charge < -0.3 is 10.5 Å². The quantitative estimate of drug-likeness (QED) is 0.813. The summed E-state index contributed by atoms with van der Waals surface area (Å²) in [4.78, 5) is 11.5. The van der Waals surface area contributed by atoms with Crippen molar-refractivity contribution in [2.45, 2.75) is 22.9 Å². The Balaban J connectivity index is 2.48. The minimum absolute atomic E-state index is 0.0504. The van der Waals surface area contributed by atoms with Crippen LogP contribution in [0.2, 0.25) is 0 Å². The maximum absolute atomic E-state index is 12.4. The zero-order valence-electron chi connectivity index (χ0n) is 11.4. The second kappa shape index (κ2) is 5.52. The lowest BCUT2D eigenvalue weighted by Crippen LogP contribution is -2.20. The van der Waals surface area contributed by atoms with Gasteiger partial charge in [-0.25, -0.2) is 17.9 Å². The molecule has 0 aliphatic heterocycles. The van der Waals surface area contributed by atoms with E-state index in [-0.39, 0.29) is 15.7 Å². The van der Waals surface area contributed by atoms with Crippen molar-refractivity contribution in [2.24, 2.45) is 0 Å². The lowest BCUT2D eigenvalue weighted by molar-refractivity contribution is -0.144. The predicted octanol–water partition coefficient (Wildman–Crippen LogP) is 0.427. The maximum atomic E-state index is 12.4. The van der Waals surface area contributed by atoms with Crippen LogP contribution in [-0.4, -0.2) is 36.5 Å². The van der Waals surface area contributed by atoms with Crippen LogP contribution in [-0.2, 0) is 19.4 Å². The summed E-state index contributed by atoms with van der Waals surface area (Å²) in [7, 11) is -2.67. The number of nitrogen functional groups attached to an aromatic ring is 1. The van der Waals surface area contributed by atoms with Gasteiger partial charge in [-0.1, -0.05) is 23.4 Å². The van der Waals surface area contributed by atoms with Crippen LogP contribution in [0.4, 0.5) is 5.82 Å². The molecule has 1 aromatic heterocycles. The van der Waals surface area contributed by atoms with Crippen molar-refractivity contribution in [1.29, 1.82) is 0 Å². The van der Waals surface area contributed by atoms with E-state index in [1.165, 1.54) is 26.2 Å². The lowest BCUT2D eigenvalue weighted by atomic mass is 10.3. The van der Waals surface area contributed by atoms with Crippen LogP contribution in [0, 0.1) is 0 Å². The highest BCUT2D eigenvalue weighted by molar-refractivity contribution is 7.91. The van der Waals surface area contributed by atoms with Gasteiger partial charge in [0.15, 0.2) is 11.9 Å². The topological polar surface area (TPSA) is 117 Å². The zero-order valence-corrected chi connectivity index (χ0v) is 12.2. The Hall–Kier alpha value is -2.42. The molecule has 0 saturated heterocycles. The van der Waals surface area contributed by atoms with Gasteiger partial charge in [0.05, 0.1) is 12.0 Å². The molecule has 21 heavy (non-hydrogen) atoms. The van der Waals surface area contributed by atoms with Gasteiger partial charge in [-0.05, 0) is 19.1 Å². The highest BCUT2D eigenvalue weighted by Crippen LogP contribution is 2.25. The summed E-state index contributed by atoms with van der Waals surface area (Å²) in [5, 5.41) is 6.85. The Bertz CT molecular complexity index is 755. The molecule has 0 saturated carbocycles. The fraction of sp³-hybridized carbons (Fsp3) is 0.250. The molecule has 2 aromatic rings. The number of aromatic nitrogens is 3. The van der Waals surface area contributed by atoms with Crippen molar-refractivity contribution < 1.29 is 17.9 Å². The average molecular weight is 310 g/mol. The third-order valence-corrected chi connectivity index (χ3v) is 4.61. The monoisotopic (exact) mass is 310 g/mol. The molecule has 0 amide bonds. The molecule has 0 aliphatic rings. The molecule has 1 atom stereocenters. The van der Waals surface area contributed by atoms with E-state index >= 15 is 0 Å². The smallest absolute Gasteiger partial charge is 0.330 e. The number of sulfone groups is 1. The summed E-state index contributed by atoms with van der Waals surface area (Å²) in [5.74, 6) is -0.813. The first-order valence-corrected chi connectivity index (χ1v) is 7.46. The van der Waals surface area contributed by atoms with Gasteiger partial charge in [0.25, 0.3) is 0 Å². The van der Waals surface area contributed by atoms with Gasteiger partial charge in [0.2, 0.25) is 14.9 Å². The first-order valence-electron chi connectivity index (χ1n) is 5.98. The number of nitrogens with zero attached hydrogens (tertiary/aromatic N) is 3. The number of hydrogen-bond acceptors (Lipinski definition) is 7. The van der Waals surface area contributed by atoms with Crippen LogP contribution >= 0.6 is 0 Å². The Morgan fingerprint density at radius 2 is 1.95 bits per heavy atom. The molecule has 0 fully saturated rings. The lowest BCUT2D eigenvalue weighted by Gasteiger charge is -2.10. The molecule has 1 heterocycles. The van der Waals surface area contributed by atoms with Gasteiger partial charge in [-0.3, -0.25) is 0 Å². The number of nitrogens with two attached hydrogens (primary N) is 1. The minimum Gasteiger partial charge on any atom is -0.467 e. The van der Waals surface area contributed by atoms with Crippen LogP contribution in [0.15, 0.2) is 40.3 Å². The molecule has 8 nitrogen and oxygen atoms in total. The fourth-order valence-corrected chi connectivity index (χ4v) is 3.00. The van der Waals surface area contributed by atoms with Gasteiger partial charge in [-0.2, -0.15) is 0 Å². The summed E-state index contributed by atoms with van der Waals surface area (Å²) >= 11 is 0. The van der Waals surface area contributed by atoms with E-state index in [9.17, 15) is 13.2 Å². The van der Waals surface area contributed by atoms with Crippen LogP contribution in [0.3, 0.4) is 0 Å². The molecule has 9 heteroatoms. The maximum Gasteiger partial charge on any atom is 0.330 e. The summed E-state index contributed by atoms with van der Waals surface area (Å²) in [6, 6.07) is 6.85. The van der Waals surface area contributed by atoms with E-state index < -0.39 is 21.8 Å². The average Bonchev–Trinajstić information content (AvgIpc) is 2.89. The fourth-order valence-electron chi connectivity index (χ4n) is 1.75. The first-order chi connectivity index (χ1) is 9.89. The Morgan fingerprint density at radius 1 is 1.33 bits per heavy atom. The van der Waals surface area contributed by atoms with Gasteiger partial charge in [0, 0.05) is 0 Å². The molecular formula is C12H14N4O4S. The van der Waals surface area contributed by atoms with Crippen LogP contribution in [0.25, 0.3) is 0 Å². The minimum atomic E-state index is -3.89. The molecule has 1 unspecified atom stereocenters. The van der Waals surface area contributed by atoms with E-state index in [0.29, 0.717) is 0 Å². The summed E-state index contributed by atoms with van der Waals surface area (Å²) in [6.45, 7) is 1.48. The van der Waals surface area contributed by atoms with Gasteiger partial charge in [-0.15, -0.1) is 5.10 Å². The number of esters is 1. The number of anilines is 1. The van der Waals surface area contributed by atoms with Gasteiger partial charge >= 0.3 is 5.97 Å². The van der Waals surface area contributed by atoms with E-state index in [1.807, 2.05) is 0 Å². The van der Waals surface area contributed by atoms with Gasteiger partial charge in [0.1, 0.15) is 0 Å². The van der Waals surface area contributed by atoms with Crippen LogP contribution < -0.4 is 5.73 Å². The Labute approximate surface area is 121 Å². The Morgan fingerprint density at radius 3 is 2.52 bits per heavy atom. The molecular weight excluding hydrogens is 296 g/mol. The highest BCUT2D eigenvalue weighted by atomic mass is 32.2. The van der Waals surface area contributed by atoms with E-state index in [1.54, 1.807) is 18.2 Å². The zero-order chi connectivity index (χ0) is 15.6. The largest absolute Gasteiger partial charge is 0.467 e. The second-order valence-electron chi connectivity index (χ2n) is 4.24. The van der Waals surface area contributed by atoms with Crippen molar-refractivity contribution in [2.75, 3.05) is 12.8 Å². The van der Waals surface area contributed by atoms with Crippen LogP contribution in [0.1, 0.15) is 13.0 Å². The van der Waals surface area contributed by atoms with E-state index in [2.05, 4.69) is 15.0 Å². The van der Waals surface area contributed by atoms with Crippen molar-refractivity contribution in [3.63, 3.8) is 0 Å². The number of hydrogen-bond donors (Lipinski definition) is 1. The highest BCUT2D eigenvalue weighted by Gasteiger charge is 2.29. The molecule has 1 aromatic carbocycles. The number of carbonyl (C=O) groups is 1. The molecule has 0 spiro atoms. The molecule has 0 aliphatic carbocycles. The van der Waals surface area contributed by atoms with Crippen LogP contribution in [0.5, 0.6) is 0 Å². The number of carbonyl (C=O) groups excluding carboxylic acids is 1. The molecule has 0 radical (unpaired) electrons. The molecule has 2 N–H and O–H groups in total. The number of rotatable bonds is 4. The third kappa shape index (κ3) is 2.59. The summed E-state index contributed by atoms with van der Waals surface area (Å²) < 4.78 is 30.4. The van der Waals surface area contributed by atoms with Crippen molar-refractivity contribution in [3.8, 4) is 0 Å². The van der Waals surface area contributed by atoms with Crippen molar-refractivity contribution >= 4 is 21.6 Å². The van der Waals surface area contributed by atoms with E-state index in [0.717, 1.165) is 4.68 Å². The normalized spacial score (nSPS) is 12.9. The summed E-state index contributed by atoms with van der Waals surface area (Å²) in [5.41, 5.74) is 5.77. The predicted molar refractivity (Wildman–Crippen MR) is 73.1 cm³/mol. The second-order valence-corrected chi connectivity index (χ2v) is 6.11. The number of benzene rings is 1. The molecule has 112 valence electrons. The standard InChI is InChI=1S/C12H14N4O4S/c1-8(12(17)20-2)16-10(13)11(14-15-16)21(18,19)9-6-4-3-5-7-9/h3-8H,13H2,1-2H3. The number of methoxy groups -OCH3 is 1. The molecule has 0 bridgehead atoms. The SMILES string of the molecule is COC(=O)C(C)n1nnc(S(=O)(=O)c2ccccc2)c1N. The Kier molecular flexibility index (Phi) is 3.94. The molecule has 2 rings (SSSR count). The summed E-state index contributed by atoms with van der Waals surface area (Å²) in [6.07, 6.45) is 0. The third-order valence-electron chi connectivity index (χ3n) is 2.92. The van der Waals surface area contributed by atoms with Crippen molar-refractivity contribution in [3.05, 3.63) is 30.3 Å².